The van der Waals surface area contributed by atoms with Gasteiger partial charge >= 0.3 is 5.97 Å². The number of esters is 1. The molecule has 140 valence electrons. The van der Waals surface area contributed by atoms with E-state index in [0.717, 1.165) is 36.2 Å². The molecule has 0 saturated heterocycles. The molecule has 0 bridgehead atoms. The predicted molar refractivity (Wildman–Crippen MR) is 103 cm³/mol. The molecule has 0 N–H and O–H groups in total. The molecule has 0 radical (unpaired) electrons. The molecule has 1 atom stereocenters. The second-order valence-electron chi connectivity index (χ2n) is 6.51. The highest BCUT2D eigenvalue weighted by Gasteiger charge is 2.34. The number of ketones is 1. The smallest absolute Gasteiger partial charge is 0.343 e. The first kappa shape index (κ1) is 18.8. The number of hydrogen-bond donors (Lipinski definition) is 0. The molecule has 1 aromatic rings. The molecule has 0 unspecified atom stereocenters. The van der Waals surface area contributed by atoms with Gasteiger partial charge in [0.1, 0.15) is 17.9 Å². The molecule has 1 heterocycles. The minimum absolute atomic E-state index is 0.0144. The molecule has 5 nitrogen and oxygen atoms in total. The van der Waals surface area contributed by atoms with Crippen molar-refractivity contribution >= 4 is 17.5 Å². The van der Waals surface area contributed by atoms with E-state index in [9.17, 15) is 9.59 Å². The summed E-state index contributed by atoms with van der Waals surface area (Å²) in [6, 6.07) is 9.93. The Morgan fingerprint density at radius 3 is 2.70 bits per heavy atom. The van der Waals surface area contributed by atoms with E-state index in [-0.39, 0.29) is 11.4 Å². The van der Waals surface area contributed by atoms with Gasteiger partial charge in [0.15, 0.2) is 5.78 Å². The van der Waals surface area contributed by atoms with E-state index in [1.807, 2.05) is 42.5 Å². The van der Waals surface area contributed by atoms with Crippen molar-refractivity contribution < 1.29 is 19.1 Å². The number of aliphatic imine (C=N–C) groups is 1. The van der Waals surface area contributed by atoms with Crippen molar-refractivity contribution in [1.29, 1.82) is 0 Å². The van der Waals surface area contributed by atoms with Gasteiger partial charge in [-0.05, 0) is 24.0 Å². The third-order valence-corrected chi connectivity index (χ3v) is 4.61. The largest absolute Gasteiger partial charge is 0.489 e. The van der Waals surface area contributed by atoms with Crippen LogP contribution in [-0.2, 0) is 25.7 Å². The van der Waals surface area contributed by atoms with Crippen LogP contribution >= 0.6 is 0 Å². The minimum atomic E-state index is -0.651. The first-order chi connectivity index (χ1) is 13.1. The number of benzene rings is 1. The Labute approximate surface area is 159 Å². The Balaban J connectivity index is 1.86. The van der Waals surface area contributed by atoms with Crippen molar-refractivity contribution in [2.75, 3.05) is 7.11 Å². The van der Waals surface area contributed by atoms with Gasteiger partial charge in [-0.3, -0.25) is 9.79 Å². The average molecular weight is 365 g/mol. The number of rotatable bonds is 7. The SMILES string of the molecule is CCCCC1=C[C@H]2C(=O)C(C(=O)OC)=CN=C2C=C1OCc1ccccc1. The molecule has 0 aromatic heterocycles. The highest BCUT2D eigenvalue weighted by molar-refractivity contribution is 6.28. The van der Waals surface area contributed by atoms with Crippen LogP contribution in [-0.4, -0.2) is 24.6 Å². The fourth-order valence-electron chi connectivity index (χ4n) is 3.09. The summed E-state index contributed by atoms with van der Waals surface area (Å²) in [5.41, 5.74) is 2.64. The van der Waals surface area contributed by atoms with Gasteiger partial charge in [0, 0.05) is 12.3 Å². The zero-order valence-corrected chi connectivity index (χ0v) is 15.6. The number of unbranched alkanes of at least 4 members (excludes halogenated alkanes) is 1. The summed E-state index contributed by atoms with van der Waals surface area (Å²) < 4.78 is 10.7. The van der Waals surface area contributed by atoms with Crippen LogP contribution in [0.4, 0.5) is 0 Å². The predicted octanol–water partition coefficient (Wildman–Crippen LogP) is 3.91. The van der Waals surface area contributed by atoms with Gasteiger partial charge in [-0.1, -0.05) is 49.8 Å². The van der Waals surface area contributed by atoms with Crippen LogP contribution < -0.4 is 0 Å². The van der Waals surface area contributed by atoms with E-state index in [2.05, 4.69) is 16.7 Å². The number of methoxy groups -OCH3 is 1. The molecule has 0 saturated carbocycles. The van der Waals surface area contributed by atoms with E-state index in [4.69, 9.17) is 4.74 Å². The van der Waals surface area contributed by atoms with Crippen LogP contribution in [0, 0.1) is 5.92 Å². The summed E-state index contributed by atoms with van der Waals surface area (Å²) in [6.07, 6.45) is 7.83. The molecule has 0 fully saturated rings. The fraction of sp³-hybridized carbons (Fsp3) is 0.318. The quantitative estimate of drug-likeness (QED) is 0.543. The van der Waals surface area contributed by atoms with Gasteiger partial charge in [0.25, 0.3) is 0 Å². The van der Waals surface area contributed by atoms with Crippen LogP contribution in [0.3, 0.4) is 0 Å². The van der Waals surface area contributed by atoms with Crippen molar-refractivity contribution in [2.24, 2.45) is 10.9 Å². The molecule has 0 amide bonds. The minimum Gasteiger partial charge on any atom is -0.489 e. The van der Waals surface area contributed by atoms with Crippen molar-refractivity contribution in [3.63, 3.8) is 0 Å². The molecule has 1 aromatic carbocycles. The summed E-state index contributed by atoms with van der Waals surface area (Å²) in [6.45, 7) is 2.57. The number of nitrogens with zero attached hydrogens (tertiary/aromatic N) is 1. The summed E-state index contributed by atoms with van der Waals surface area (Å²) in [5.74, 6) is -0.745. The van der Waals surface area contributed by atoms with Crippen molar-refractivity contribution in [3.8, 4) is 0 Å². The highest BCUT2D eigenvalue weighted by Crippen LogP contribution is 2.31. The maximum Gasteiger partial charge on any atom is 0.343 e. The monoisotopic (exact) mass is 365 g/mol. The van der Waals surface area contributed by atoms with Crippen LogP contribution in [0.2, 0.25) is 0 Å². The molecular formula is C22H23NO4. The number of Topliss-reactive ketones (excluding diaryl/α,β-unsaturated/α-hetero) is 1. The van der Waals surface area contributed by atoms with Gasteiger partial charge in [-0.15, -0.1) is 0 Å². The summed E-state index contributed by atoms with van der Waals surface area (Å²) in [5, 5.41) is 0. The second kappa shape index (κ2) is 8.62. The molecule has 3 rings (SSSR count). The molecular weight excluding hydrogens is 342 g/mol. The van der Waals surface area contributed by atoms with Gasteiger partial charge in [0.2, 0.25) is 0 Å². The zero-order valence-electron chi connectivity index (χ0n) is 15.6. The van der Waals surface area contributed by atoms with Gasteiger partial charge in [0.05, 0.1) is 18.7 Å². The van der Waals surface area contributed by atoms with Crippen molar-refractivity contribution in [1.82, 2.24) is 0 Å². The van der Waals surface area contributed by atoms with E-state index in [1.165, 1.54) is 13.3 Å². The van der Waals surface area contributed by atoms with Crippen LogP contribution in [0.5, 0.6) is 0 Å². The number of carbonyl (C=O) groups excluding carboxylic acids is 2. The number of hydrogen-bond acceptors (Lipinski definition) is 5. The Morgan fingerprint density at radius 2 is 2.00 bits per heavy atom. The van der Waals surface area contributed by atoms with Gasteiger partial charge in [-0.2, -0.15) is 0 Å². The lowest BCUT2D eigenvalue weighted by molar-refractivity contribution is -0.138. The van der Waals surface area contributed by atoms with Gasteiger partial charge in [-0.25, -0.2) is 4.79 Å². The lowest BCUT2D eigenvalue weighted by Gasteiger charge is -2.25. The molecule has 1 aliphatic carbocycles. The molecule has 27 heavy (non-hydrogen) atoms. The van der Waals surface area contributed by atoms with Crippen LogP contribution in [0.1, 0.15) is 31.7 Å². The number of carbonyl (C=O) groups is 2. The topological polar surface area (TPSA) is 65.0 Å². The average Bonchev–Trinajstić information content (AvgIpc) is 2.71. The lowest BCUT2D eigenvalue weighted by atomic mass is 9.84. The van der Waals surface area contributed by atoms with E-state index < -0.39 is 11.9 Å². The Kier molecular flexibility index (Phi) is 6.01. The maximum absolute atomic E-state index is 12.7. The first-order valence-electron chi connectivity index (χ1n) is 9.14. The number of allylic oxidation sites excluding steroid dienone is 3. The Hall–Kier alpha value is -2.95. The maximum atomic E-state index is 12.7. The normalized spacial score (nSPS) is 18.6. The third-order valence-electron chi connectivity index (χ3n) is 4.61. The molecule has 5 heteroatoms. The van der Waals surface area contributed by atoms with Crippen LogP contribution in [0.15, 0.2) is 70.6 Å². The summed E-state index contributed by atoms with van der Waals surface area (Å²) in [4.78, 5) is 28.8. The second-order valence-corrected chi connectivity index (χ2v) is 6.51. The number of ether oxygens (including phenoxy) is 2. The third kappa shape index (κ3) is 4.25. The summed E-state index contributed by atoms with van der Waals surface area (Å²) >= 11 is 0. The van der Waals surface area contributed by atoms with Crippen LogP contribution in [0.25, 0.3) is 0 Å². The van der Waals surface area contributed by atoms with Gasteiger partial charge < -0.3 is 9.47 Å². The Morgan fingerprint density at radius 1 is 1.22 bits per heavy atom. The Bertz CT molecular complexity index is 846. The standard InChI is InChI=1S/C22H23NO4/c1-3-4-10-16-11-17-19(23-13-18(21(17)24)22(25)26-2)12-20(16)27-14-15-8-6-5-7-9-15/h5-9,11-13,17H,3-4,10,14H2,1-2H3/t17-/m1/s1. The van der Waals surface area contributed by atoms with E-state index in [1.54, 1.807) is 0 Å². The molecule has 0 spiro atoms. The fourth-order valence-corrected chi connectivity index (χ4v) is 3.09. The van der Waals surface area contributed by atoms with E-state index >= 15 is 0 Å². The lowest BCUT2D eigenvalue weighted by Crippen LogP contribution is -2.31. The summed E-state index contributed by atoms with van der Waals surface area (Å²) in [7, 11) is 1.26. The number of fused-ring (bicyclic) bond motifs is 1. The molecule has 1 aliphatic heterocycles. The van der Waals surface area contributed by atoms with E-state index in [0.29, 0.717) is 12.3 Å². The highest BCUT2D eigenvalue weighted by atomic mass is 16.5. The van der Waals surface area contributed by atoms with Crippen molar-refractivity contribution in [2.45, 2.75) is 32.8 Å². The first-order valence-corrected chi connectivity index (χ1v) is 9.14. The zero-order chi connectivity index (χ0) is 19.2. The van der Waals surface area contributed by atoms with Crippen molar-refractivity contribution in [3.05, 3.63) is 71.2 Å². The molecule has 2 aliphatic rings.